The number of nitrogens with zero attached hydrogens (tertiary/aromatic N) is 5. The lowest BCUT2D eigenvalue weighted by atomic mass is 9.75. The summed E-state index contributed by atoms with van der Waals surface area (Å²) in [6, 6.07) is 7.81. The summed E-state index contributed by atoms with van der Waals surface area (Å²) >= 11 is 0. The maximum atomic E-state index is 13.8. The van der Waals surface area contributed by atoms with Crippen molar-refractivity contribution in [3.63, 3.8) is 0 Å². The molecule has 0 unspecified atom stereocenters. The number of alkyl halides is 3. The standard InChI is InChI=1S/C23H21F3N6O3.H2/c1-27-20(33)14-6-17(23(24,25)26)18-10-31(21(34)32(18)9-14)16-5-3-4-15(7-16)22(11-35-12-22)8-19-29-28-13-30(19)2;/h3-7,9-10,13H,8,11-12H2,1-2H3,(H,27,33);1H/q+1;. The van der Waals surface area contributed by atoms with Crippen LogP contribution in [0.1, 0.15) is 29.3 Å². The Morgan fingerprint density at radius 1 is 1.29 bits per heavy atom. The first-order valence-corrected chi connectivity index (χ1v) is 10.7. The SMILES string of the molecule is CNC(=O)c1cc(C(F)(F)F)c2cn(-c3cccc(C4(C[C]5N=NC=[N+]5C)COC4)c3)c(=O)n2c1.[HH]. The zero-order valence-electron chi connectivity index (χ0n) is 18.8. The monoisotopic (exact) mass is 488 g/mol. The van der Waals surface area contributed by atoms with Gasteiger partial charge < -0.3 is 10.1 Å². The van der Waals surface area contributed by atoms with Crippen LogP contribution >= 0.6 is 0 Å². The fourth-order valence-electron chi connectivity index (χ4n) is 4.34. The molecule has 5 rings (SSSR count). The van der Waals surface area contributed by atoms with Gasteiger partial charge in [-0.1, -0.05) is 12.1 Å². The Morgan fingerprint density at radius 3 is 2.66 bits per heavy atom. The molecular formula is C23H23F3N6O3+. The van der Waals surface area contributed by atoms with Crippen molar-refractivity contribution in [2.75, 3.05) is 27.3 Å². The van der Waals surface area contributed by atoms with Crippen LogP contribution in [0.25, 0.3) is 11.2 Å². The maximum Gasteiger partial charge on any atom is 0.418 e. The van der Waals surface area contributed by atoms with Gasteiger partial charge in [0.1, 0.15) is 0 Å². The molecular weight excluding hydrogens is 465 g/mol. The lowest BCUT2D eigenvalue weighted by Gasteiger charge is -2.42. The number of carbonyl (C=O) groups excluding carboxylic acids is 1. The van der Waals surface area contributed by atoms with E-state index in [2.05, 4.69) is 15.5 Å². The number of carbonyl (C=O) groups is 1. The number of ether oxygens (including phenoxy) is 1. The molecule has 1 radical (unpaired) electrons. The van der Waals surface area contributed by atoms with Crippen LogP contribution in [0.3, 0.4) is 0 Å². The van der Waals surface area contributed by atoms with E-state index >= 15 is 0 Å². The fraction of sp³-hybridized carbons (Fsp3) is 0.304. The highest BCUT2D eigenvalue weighted by Crippen LogP contribution is 2.40. The van der Waals surface area contributed by atoms with Gasteiger partial charge in [0.25, 0.3) is 5.91 Å². The Kier molecular flexibility index (Phi) is 5.35. The molecule has 2 aliphatic heterocycles. The van der Waals surface area contributed by atoms with Crippen LogP contribution in [0.2, 0.25) is 0 Å². The highest BCUT2D eigenvalue weighted by Gasteiger charge is 2.46. The quantitative estimate of drug-likeness (QED) is 0.560. The average molecular weight is 488 g/mol. The van der Waals surface area contributed by atoms with Gasteiger partial charge in [-0.3, -0.25) is 13.8 Å². The number of imidazole rings is 1. The molecule has 0 aliphatic carbocycles. The number of fused-ring (bicyclic) bond motifs is 1. The van der Waals surface area contributed by atoms with E-state index in [1.165, 1.54) is 7.05 Å². The molecule has 1 amide bonds. The van der Waals surface area contributed by atoms with E-state index in [0.29, 0.717) is 25.3 Å². The van der Waals surface area contributed by atoms with E-state index in [1.807, 2.05) is 17.7 Å². The summed E-state index contributed by atoms with van der Waals surface area (Å²) in [6.45, 7) is 0.868. The van der Waals surface area contributed by atoms with Crippen LogP contribution < -0.4 is 11.0 Å². The van der Waals surface area contributed by atoms with Crippen molar-refractivity contribution in [2.24, 2.45) is 10.2 Å². The number of aromatic nitrogens is 2. The number of hydrogen-bond donors (Lipinski definition) is 1. The molecule has 2 aliphatic rings. The van der Waals surface area contributed by atoms with E-state index in [9.17, 15) is 22.8 Å². The summed E-state index contributed by atoms with van der Waals surface area (Å²) in [7, 11) is 3.15. The third kappa shape index (κ3) is 3.83. The van der Waals surface area contributed by atoms with Crippen LogP contribution in [0.5, 0.6) is 0 Å². The molecule has 3 aromatic rings. The third-order valence-electron chi connectivity index (χ3n) is 6.36. The predicted octanol–water partition coefficient (Wildman–Crippen LogP) is 3.00. The zero-order valence-corrected chi connectivity index (χ0v) is 18.8. The van der Waals surface area contributed by atoms with Crippen molar-refractivity contribution in [1.82, 2.24) is 14.3 Å². The molecule has 35 heavy (non-hydrogen) atoms. The second kappa shape index (κ2) is 8.15. The second-order valence-corrected chi connectivity index (χ2v) is 8.61. The Hall–Kier alpha value is -3.80. The van der Waals surface area contributed by atoms with Gasteiger partial charge in [0.05, 0.1) is 47.7 Å². The summed E-state index contributed by atoms with van der Waals surface area (Å²) in [5, 5.41) is 10.4. The minimum absolute atomic E-state index is 0. The number of halogens is 3. The van der Waals surface area contributed by atoms with Crippen LogP contribution in [-0.4, -0.2) is 53.1 Å². The Balaban J connectivity index is 0.00000304. The van der Waals surface area contributed by atoms with E-state index in [1.54, 1.807) is 24.5 Å². The molecule has 0 spiro atoms. The highest BCUT2D eigenvalue weighted by atomic mass is 19.4. The van der Waals surface area contributed by atoms with Crippen molar-refractivity contribution < 1.29 is 28.7 Å². The molecule has 1 fully saturated rings. The van der Waals surface area contributed by atoms with E-state index < -0.39 is 28.8 Å². The van der Waals surface area contributed by atoms with E-state index in [4.69, 9.17) is 4.74 Å². The normalized spacial score (nSPS) is 17.5. The Labute approximate surface area is 198 Å². The molecule has 183 valence electrons. The molecule has 0 saturated carbocycles. The first-order valence-electron chi connectivity index (χ1n) is 10.7. The Bertz CT molecular complexity index is 1460. The summed E-state index contributed by atoms with van der Waals surface area (Å²) in [4.78, 5) is 25.2. The van der Waals surface area contributed by atoms with Crippen molar-refractivity contribution in [3.8, 4) is 5.69 Å². The van der Waals surface area contributed by atoms with Crippen LogP contribution in [-0.2, 0) is 16.3 Å². The third-order valence-corrected chi connectivity index (χ3v) is 6.36. The van der Waals surface area contributed by atoms with Gasteiger partial charge in [-0.15, -0.1) is 0 Å². The largest absolute Gasteiger partial charge is 0.418 e. The van der Waals surface area contributed by atoms with Crippen LogP contribution in [0.4, 0.5) is 13.2 Å². The summed E-state index contributed by atoms with van der Waals surface area (Å²) < 4.78 is 50.8. The van der Waals surface area contributed by atoms with E-state index in [0.717, 1.165) is 39.2 Å². The maximum absolute atomic E-state index is 13.8. The number of benzene rings is 1. The minimum Gasteiger partial charge on any atom is -0.379 e. The average Bonchev–Trinajstić information content (AvgIpc) is 3.36. The summed E-state index contributed by atoms with van der Waals surface area (Å²) in [5.74, 6) is -0.727. The number of amides is 1. The number of nitrogens with one attached hydrogen (secondary N) is 1. The fourth-order valence-corrected chi connectivity index (χ4v) is 4.34. The van der Waals surface area contributed by atoms with Gasteiger partial charge in [0.2, 0.25) is 0 Å². The first kappa shape index (κ1) is 23.0. The lowest BCUT2D eigenvalue weighted by Crippen LogP contribution is -2.48. The van der Waals surface area contributed by atoms with Crippen molar-refractivity contribution in [1.29, 1.82) is 0 Å². The molecule has 0 bridgehead atoms. The van der Waals surface area contributed by atoms with Crippen LogP contribution in [0.15, 0.2) is 57.7 Å². The predicted molar refractivity (Wildman–Crippen MR) is 121 cm³/mol. The molecule has 9 nitrogen and oxygen atoms in total. The molecule has 2 aromatic heterocycles. The number of pyridine rings is 1. The number of azo groups is 1. The van der Waals surface area contributed by atoms with E-state index in [-0.39, 0.29) is 12.5 Å². The van der Waals surface area contributed by atoms with Gasteiger partial charge in [-0.05, 0) is 28.9 Å². The van der Waals surface area contributed by atoms with Crippen molar-refractivity contribution in [2.45, 2.75) is 18.0 Å². The Morgan fingerprint density at radius 2 is 2.06 bits per heavy atom. The molecule has 0 atom stereocenters. The van der Waals surface area contributed by atoms with Gasteiger partial charge in [-0.2, -0.15) is 13.2 Å². The second-order valence-electron chi connectivity index (χ2n) is 8.61. The van der Waals surface area contributed by atoms with Crippen molar-refractivity contribution >= 4 is 17.8 Å². The molecule has 1 aromatic carbocycles. The minimum atomic E-state index is -4.76. The van der Waals surface area contributed by atoms with Gasteiger partial charge >= 0.3 is 24.4 Å². The molecule has 1 saturated heterocycles. The topological polar surface area (TPSA) is 92.5 Å². The zero-order chi connectivity index (χ0) is 25.0. The smallest absolute Gasteiger partial charge is 0.379 e. The molecule has 12 heteroatoms. The van der Waals surface area contributed by atoms with Gasteiger partial charge in [0.15, 0.2) is 0 Å². The van der Waals surface area contributed by atoms with Crippen molar-refractivity contribution in [3.05, 3.63) is 76.1 Å². The van der Waals surface area contributed by atoms with Crippen LogP contribution in [0, 0.1) is 6.17 Å². The molecule has 1 N–H and O–H groups in total. The lowest BCUT2D eigenvalue weighted by molar-refractivity contribution is -0.478. The first-order chi connectivity index (χ1) is 16.6. The highest BCUT2D eigenvalue weighted by molar-refractivity contribution is 5.94. The summed E-state index contributed by atoms with van der Waals surface area (Å²) in [6.07, 6.45) is 0.414. The van der Waals surface area contributed by atoms with Gasteiger partial charge in [-0.25, -0.2) is 9.37 Å². The number of hydrogen-bond acceptors (Lipinski definition) is 5. The summed E-state index contributed by atoms with van der Waals surface area (Å²) in [5.41, 5.74) is -1.54. The molecule has 4 heterocycles. The van der Waals surface area contributed by atoms with Gasteiger partial charge in [0, 0.05) is 32.7 Å². The number of rotatable bonds is 5.